The molecule has 0 radical (unpaired) electrons. The van der Waals surface area contributed by atoms with Crippen LogP contribution >= 0.6 is 15.9 Å². The summed E-state index contributed by atoms with van der Waals surface area (Å²) in [5.74, 6) is 3.03. The molecule has 0 saturated carbocycles. The topological polar surface area (TPSA) is 17.1 Å². The molecule has 0 spiro atoms. The van der Waals surface area contributed by atoms with Gasteiger partial charge in [-0.2, -0.15) is 13.2 Å². The number of hydrogen-bond donors (Lipinski definition) is 0. The van der Waals surface area contributed by atoms with Gasteiger partial charge in [-0.25, -0.2) is 0 Å². The Kier molecular flexibility index (Phi) is 5.62. The van der Waals surface area contributed by atoms with E-state index >= 15 is 0 Å². The van der Waals surface area contributed by atoms with Crippen LogP contribution < -0.4 is 0 Å². The van der Waals surface area contributed by atoms with Gasteiger partial charge >= 0.3 is 6.18 Å². The first kappa shape index (κ1) is 17.3. The molecule has 0 saturated heterocycles. The number of alkyl halides is 3. The van der Waals surface area contributed by atoms with Gasteiger partial charge in [-0.05, 0) is 29.8 Å². The Morgan fingerprint density at radius 1 is 1.09 bits per heavy atom. The van der Waals surface area contributed by atoms with Crippen molar-refractivity contribution < 1.29 is 18.0 Å². The summed E-state index contributed by atoms with van der Waals surface area (Å²) in [5, 5.41) is 0. The zero-order valence-corrected chi connectivity index (χ0v) is 13.5. The molecule has 1 atom stereocenters. The number of carbonyl (C=O) groups is 1. The number of hydrogen-bond acceptors (Lipinski definition) is 1. The van der Waals surface area contributed by atoms with Crippen LogP contribution in [0, 0.1) is 11.8 Å². The average molecular weight is 381 g/mol. The van der Waals surface area contributed by atoms with Crippen molar-refractivity contribution in [3.8, 4) is 11.8 Å². The van der Waals surface area contributed by atoms with Gasteiger partial charge in [-0.1, -0.05) is 58.1 Å². The third-order valence-electron chi connectivity index (χ3n) is 3.12. The fourth-order valence-corrected chi connectivity index (χ4v) is 2.39. The van der Waals surface area contributed by atoms with Crippen molar-refractivity contribution in [3.63, 3.8) is 0 Å². The van der Waals surface area contributed by atoms with Gasteiger partial charge < -0.3 is 0 Å². The molecule has 0 aliphatic rings. The van der Waals surface area contributed by atoms with E-state index in [1.807, 2.05) is 6.07 Å². The van der Waals surface area contributed by atoms with E-state index in [1.54, 1.807) is 48.5 Å². The number of rotatable bonds is 3. The summed E-state index contributed by atoms with van der Waals surface area (Å²) in [5.41, 5.74) is 1.26. The van der Waals surface area contributed by atoms with Crippen LogP contribution in [0.3, 0.4) is 0 Å². The maximum absolute atomic E-state index is 12.6. The second-order valence-electron chi connectivity index (χ2n) is 4.87. The van der Waals surface area contributed by atoms with Gasteiger partial charge in [-0.3, -0.25) is 4.79 Å². The van der Waals surface area contributed by atoms with Crippen LogP contribution in [0.25, 0.3) is 0 Å². The Morgan fingerprint density at radius 2 is 1.78 bits per heavy atom. The number of carbonyl (C=O) groups excluding carboxylic acids is 1. The molecule has 0 aliphatic carbocycles. The third-order valence-corrected chi connectivity index (χ3v) is 3.61. The molecule has 2 rings (SSSR count). The quantitative estimate of drug-likeness (QED) is 0.676. The fourth-order valence-electron chi connectivity index (χ4n) is 1.97. The Bertz CT molecular complexity index is 742. The summed E-state index contributed by atoms with van der Waals surface area (Å²) in [6.07, 6.45) is -5.54. The second kappa shape index (κ2) is 7.47. The standard InChI is InChI=1S/C18H12BrF3O/c19-16-8-4-7-14(11-16)15(12-17(23)18(20,21)22)10-9-13-5-2-1-3-6-13/h1-8,11,15H,12H2/t15-/m1/s1. The molecule has 0 unspecified atom stereocenters. The van der Waals surface area contributed by atoms with E-state index in [1.165, 1.54) is 0 Å². The second-order valence-corrected chi connectivity index (χ2v) is 5.78. The summed E-state index contributed by atoms with van der Waals surface area (Å²) in [7, 11) is 0. The first-order valence-electron chi connectivity index (χ1n) is 6.78. The zero-order chi connectivity index (χ0) is 16.9. The molecule has 0 fully saturated rings. The Morgan fingerprint density at radius 3 is 2.39 bits per heavy atom. The van der Waals surface area contributed by atoms with Crippen molar-refractivity contribution in [2.75, 3.05) is 0 Å². The maximum Gasteiger partial charge on any atom is 0.450 e. The highest BCUT2D eigenvalue weighted by Gasteiger charge is 2.39. The van der Waals surface area contributed by atoms with Gasteiger partial charge in [0, 0.05) is 16.5 Å². The van der Waals surface area contributed by atoms with Crippen LogP contribution in [0.2, 0.25) is 0 Å². The van der Waals surface area contributed by atoms with E-state index < -0.39 is 24.3 Å². The lowest BCUT2D eigenvalue weighted by Gasteiger charge is -2.12. The normalized spacial score (nSPS) is 12.2. The lowest BCUT2D eigenvalue weighted by Crippen LogP contribution is -2.24. The van der Waals surface area contributed by atoms with E-state index in [0.717, 1.165) is 4.47 Å². The molecule has 0 N–H and O–H groups in total. The molecule has 0 bridgehead atoms. The lowest BCUT2D eigenvalue weighted by molar-refractivity contribution is -0.171. The zero-order valence-electron chi connectivity index (χ0n) is 11.9. The summed E-state index contributed by atoms with van der Waals surface area (Å²) in [6, 6.07) is 15.7. The Labute approximate surface area is 140 Å². The first-order chi connectivity index (χ1) is 10.9. The minimum atomic E-state index is -4.85. The van der Waals surface area contributed by atoms with E-state index in [0.29, 0.717) is 11.1 Å². The number of ketones is 1. The van der Waals surface area contributed by atoms with Crippen molar-refractivity contribution in [1.82, 2.24) is 0 Å². The molecule has 0 amide bonds. The number of Topliss-reactive ketones (excluding diaryl/α,β-unsaturated/α-hetero) is 1. The minimum absolute atomic E-state index is 0.570. The monoisotopic (exact) mass is 380 g/mol. The molecule has 2 aromatic carbocycles. The molecule has 118 valence electrons. The van der Waals surface area contributed by atoms with Gasteiger partial charge in [0.05, 0.1) is 5.92 Å². The number of benzene rings is 2. The van der Waals surface area contributed by atoms with Crippen LogP contribution in [0.15, 0.2) is 59.1 Å². The summed E-state index contributed by atoms with van der Waals surface area (Å²) in [6.45, 7) is 0. The highest BCUT2D eigenvalue weighted by atomic mass is 79.9. The van der Waals surface area contributed by atoms with Gasteiger partial charge in [0.1, 0.15) is 0 Å². The molecular weight excluding hydrogens is 369 g/mol. The van der Waals surface area contributed by atoms with Crippen molar-refractivity contribution in [2.45, 2.75) is 18.5 Å². The average Bonchev–Trinajstić information content (AvgIpc) is 2.51. The van der Waals surface area contributed by atoms with Crippen LogP contribution in [-0.4, -0.2) is 12.0 Å². The van der Waals surface area contributed by atoms with Crippen LogP contribution in [0.1, 0.15) is 23.5 Å². The van der Waals surface area contributed by atoms with E-state index in [9.17, 15) is 18.0 Å². The van der Waals surface area contributed by atoms with Crippen molar-refractivity contribution in [2.24, 2.45) is 0 Å². The Hall–Kier alpha value is -2.06. The third kappa shape index (κ3) is 5.26. The maximum atomic E-state index is 12.6. The smallest absolute Gasteiger partial charge is 0.290 e. The summed E-state index contributed by atoms with van der Waals surface area (Å²) in [4.78, 5) is 11.3. The molecular formula is C18H12BrF3O. The molecule has 2 aromatic rings. The lowest BCUT2D eigenvalue weighted by atomic mass is 9.93. The molecule has 0 aliphatic heterocycles. The largest absolute Gasteiger partial charge is 0.450 e. The van der Waals surface area contributed by atoms with Gasteiger partial charge in [0.15, 0.2) is 0 Å². The van der Waals surface area contributed by atoms with Gasteiger partial charge in [-0.15, -0.1) is 0 Å². The van der Waals surface area contributed by atoms with Gasteiger partial charge in [0.2, 0.25) is 5.78 Å². The molecule has 1 nitrogen and oxygen atoms in total. The molecule has 0 heterocycles. The van der Waals surface area contributed by atoms with E-state index in [-0.39, 0.29) is 0 Å². The molecule has 5 heteroatoms. The number of halogens is 4. The highest BCUT2D eigenvalue weighted by molar-refractivity contribution is 9.10. The van der Waals surface area contributed by atoms with E-state index in [2.05, 4.69) is 27.8 Å². The first-order valence-corrected chi connectivity index (χ1v) is 7.57. The predicted molar refractivity (Wildman–Crippen MR) is 85.9 cm³/mol. The summed E-state index contributed by atoms with van der Waals surface area (Å²) >= 11 is 3.28. The molecule has 0 aromatic heterocycles. The van der Waals surface area contributed by atoms with Gasteiger partial charge in [0.25, 0.3) is 0 Å². The van der Waals surface area contributed by atoms with E-state index in [4.69, 9.17) is 0 Å². The summed E-state index contributed by atoms with van der Waals surface area (Å²) < 4.78 is 38.4. The minimum Gasteiger partial charge on any atom is -0.290 e. The highest BCUT2D eigenvalue weighted by Crippen LogP contribution is 2.27. The van der Waals surface area contributed by atoms with Crippen molar-refractivity contribution in [1.29, 1.82) is 0 Å². The molecule has 23 heavy (non-hydrogen) atoms. The van der Waals surface area contributed by atoms with Crippen LogP contribution in [0.4, 0.5) is 13.2 Å². The SMILES string of the molecule is O=C(C[C@@H](C#Cc1ccccc1)c1cccc(Br)c1)C(F)(F)F. The fraction of sp³-hybridized carbons (Fsp3) is 0.167. The predicted octanol–water partition coefficient (Wildman–Crippen LogP) is 5.11. The van der Waals surface area contributed by atoms with Crippen molar-refractivity contribution in [3.05, 3.63) is 70.2 Å². The Balaban J connectivity index is 2.32. The van der Waals surface area contributed by atoms with Crippen molar-refractivity contribution >= 4 is 21.7 Å². The van der Waals surface area contributed by atoms with Crippen LogP contribution in [-0.2, 0) is 4.79 Å². The van der Waals surface area contributed by atoms with Crippen LogP contribution in [0.5, 0.6) is 0 Å².